The van der Waals surface area contributed by atoms with Crippen LogP contribution in [0.2, 0.25) is 0 Å². The molecular weight excluding hydrogens is 248 g/mol. The molecule has 88 valence electrons. The standard InChI is InChI=1S/C10H14O5.Ti/c1-7(2)10(14)15-5-3-4-8(11)6-9(12)13;/h1,3-6H2,2H3,(H,12,13);/p-1. The molecule has 0 saturated heterocycles. The third-order valence-electron chi connectivity index (χ3n) is 1.52. The van der Waals surface area contributed by atoms with Gasteiger partial charge in [0.15, 0.2) is 0 Å². The topological polar surface area (TPSA) is 83.5 Å². The molecule has 0 radical (unpaired) electrons. The fourth-order valence-electron chi connectivity index (χ4n) is 0.807. The molecule has 0 heterocycles. The van der Waals surface area contributed by atoms with Crippen LogP contribution in [0, 0.1) is 0 Å². The molecule has 0 aromatic heterocycles. The van der Waals surface area contributed by atoms with Crippen LogP contribution in [0.1, 0.15) is 26.2 Å². The summed E-state index contributed by atoms with van der Waals surface area (Å²) in [6.07, 6.45) is -0.211. The molecule has 0 aliphatic carbocycles. The van der Waals surface area contributed by atoms with E-state index in [0.29, 0.717) is 6.42 Å². The molecule has 0 aliphatic rings. The second kappa shape index (κ2) is 9.30. The van der Waals surface area contributed by atoms with Crippen LogP contribution in [0.25, 0.3) is 0 Å². The number of carbonyl (C=O) groups excluding carboxylic acids is 3. The number of carbonyl (C=O) groups is 3. The molecule has 0 saturated carbocycles. The number of ether oxygens (including phenoxy) is 1. The monoisotopic (exact) mass is 261 g/mol. The van der Waals surface area contributed by atoms with Gasteiger partial charge in [-0.3, -0.25) is 4.79 Å². The van der Waals surface area contributed by atoms with E-state index in [0.717, 1.165) is 0 Å². The van der Waals surface area contributed by atoms with Crippen LogP contribution < -0.4 is 5.11 Å². The van der Waals surface area contributed by atoms with E-state index in [2.05, 4.69) is 6.58 Å². The van der Waals surface area contributed by atoms with Gasteiger partial charge in [-0.05, 0) is 13.3 Å². The fraction of sp³-hybridized carbons (Fsp3) is 0.500. The van der Waals surface area contributed by atoms with E-state index in [9.17, 15) is 19.5 Å². The minimum atomic E-state index is -1.39. The van der Waals surface area contributed by atoms with Gasteiger partial charge in [-0.1, -0.05) is 6.58 Å². The summed E-state index contributed by atoms with van der Waals surface area (Å²) in [6.45, 7) is 4.99. The van der Waals surface area contributed by atoms with E-state index in [1.807, 2.05) is 0 Å². The maximum absolute atomic E-state index is 10.9. The number of hydrogen-bond donors (Lipinski definition) is 0. The normalized spacial score (nSPS) is 8.81. The summed E-state index contributed by atoms with van der Waals surface area (Å²) in [5.74, 6) is -2.33. The van der Waals surface area contributed by atoms with Crippen LogP contribution in [0.4, 0.5) is 0 Å². The summed E-state index contributed by atoms with van der Waals surface area (Å²) in [6, 6.07) is 0. The Morgan fingerprint density at radius 1 is 1.31 bits per heavy atom. The number of aliphatic carboxylic acids is 1. The summed E-state index contributed by atoms with van der Waals surface area (Å²) in [4.78, 5) is 31.7. The van der Waals surface area contributed by atoms with Crippen LogP contribution in [-0.4, -0.2) is 24.3 Å². The van der Waals surface area contributed by atoms with Crippen molar-refractivity contribution in [3.8, 4) is 0 Å². The average Bonchev–Trinajstić information content (AvgIpc) is 2.10. The van der Waals surface area contributed by atoms with Gasteiger partial charge in [-0.15, -0.1) is 0 Å². The molecular formula is C10H13O5Ti-. The Bertz CT molecular complexity index is 285. The largest absolute Gasteiger partial charge is 0.550 e. The first-order valence-electron chi connectivity index (χ1n) is 4.47. The Morgan fingerprint density at radius 2 is 1.88 bits per heavy atom. The SMILES string of the molecule is C=C(C)C(=O)OCCCC(=O)CC(=O)[O-].[Ti]. The van der Waals surface area contributed by atoms with Crippen LogP contribution in [0.3, 0.4) is 0 Å². The van der Waals surface area contributed by atoms with Crippen LogP contribution in [-0.2, 0) is 40.8 Å². The second-order valence-corrected chi connectivity index (χ2v) is 3.11. The van der Waals surface area contributed by atoms with Crippen molar-refractivity contribution in [1.82, 2.24) is 0 Å². The van der Waals surface area contributed by atoms with Gasteiger partial charge in [-0.2, -0.15) is 0 Å². The molecule has 0 spiro atoms. The molecule has 0 unspecified atom stereocenters. The number of carboxylic acid groups (broad SMARTS) is 1. The van der Waals surface area contributed by atoms with Crippen molar-refractivity contribution in [2.45, 2.75) is 26.2 Å². The van der Waals surface area contributed by atoms with E-state index in [1.54, 1.807) is 0 Å². The smallest absolute Gasteiger partial charge is 0.333 e. The van der Waals surface area contributed by atoms with Crippen LogP contribution in [0.15, 0.2) is 12.2 Å². The maximum Gasteiger partial charge on any atom is 0.333 e. The fourth-order valence-corrected chi connectivity index (χ4v) is 0.807. The Hall–Kier alpha value is -0.936. The van der Waals surface area contributed by atoms with E-state index in [1.165, 1.54) is 6.92 Å². The molecule has 0 bridgehead atoms. The molecule has 0 rings (SSSR count). The van der Waals surface area contributed by atoms with Crippen LogP contribution >= 0.6 is 0 Å². The van der Waals surface area contributed by atoms with Gasteiger partial charge in [0.1, 0.15) is 5.78 Å². The number of carboxylic acids is 1. The van der Waals surface area contributed by atoms with Gasteiger partial charge in [0.2, 0.25) is 0 Å². The summed E-state index contributed by atoms with van der Waals surface area (Å²) in [5.41, 5.74) is 0.288. The van der Waals surface area contributed by atoms with Crippen molar-refractivity contribution >= 4 is 17.7 Å². The summed E-state index contributed by atoms with van der Waals surface area (Å²) in [5, 5.41) is 10.0. The van der Waals surface area contributed by atoms with E-state index in [-0.39, 0.29) is 40.3 Å². The Morgan fingerprint density at radius 3 is 2.31 bits per heavy atom. The molecule has 0 atom stereocenters. The zero-order chi connectivity index (χ0) is 11.8. The van der Waals surface area contributed by atoms with Gasteiger partial charge < -0.3 is 14.6 Å². The van der Waals surface area contributed by atoms with E-state index < -0.39 is 24.1 Å². The molecule has 16 heavy (non-hydrogen) atoms. The van der Waals surface area contributed by atoms with Gasteiger partial charge in [0.05, 0.1) is 6.61 Å². The van der Waals surface area contributed by atoms with Crippen molar-refractivity contribution in [2.24, 2.45) is 0 Å². The van der Waals surface area contributed by atoms with Crippen molar-refractivity contribution in [3.05, 3.63) is 12.2 Å². The minimum absolute atomic E-state index is 0. The van der Waals surface area contributed by atoms with E-state index in [4.69, 9.17) is 4.74 Å². The number of Topliss-reactive ketones (excluding diaryl/α,β-unsaturated/α-hetero) is 1. The zero-order valence-electron chi connectivity index (χ0n) is 9.08. The Labute approximate surface area is 109 Å². The number of esters is 1. The average molecular weight is 261 g/mol. The molecule has 0 aromatic carbocycles. The molecule has 0 aromatic rings. The van der Waals surface area contributed by atoms with Crippen molar-refractivity contribution in [1.29, 1.82) is 0 Å². The maximum atomic E-state index is 10.9. The third-order valence-corrected chi connectivity index (χ3v) is 1.52. The van der Waals surface area contributed by atoms with Crippen molar-refractivity contribution in [3.63, 3.8) is 0 Å². The van der Waals surface area contributed by atoms with Gasteiger partial charge in [0.25, 0.3) is 0 Å². The third kappa shape index (κ3) is 9.61. The number of rotatable bonds is 7. The Kier molecular flexibility index (Phi) is 10.1. The number of ketones is 1. The molecule has 6 heteroatoms. The Balaban J connectivity index is 0. The first kappa shape index (κ1) is 17.5. The zero-order valence-corrected chi connectivity index (χ0v) is 10.6. The van der Waals surface area contributed by atoms with Crippen LogP contribution in [0.5, 0.6) is 0 Å². The summed E-state index contributed by atoms with van der Waals surface area (Å²) in [7, 11) is 0. The van der Waals surface area contributed by atoms with E-state index >= 15 is 0 Å². The summed E-state index contributed by atoms with van der Waals surface area (Å²) < 4.78 is 4.71. The molecule has 0 aliphatic heterocycles. The van der Waals surface area contributed by atoms with Crippen molar-refractivity contribution in [2.75, 3.05) is 6.61 Å². The number of hydrogen-bond acceptors (Lipinski definition) is 5. The summed E-state index contributed by atoms with van der Waals surface area (Å²) >= 11 is 0. The molecule has 0 N–H and O–H groups in total. The molecule has 0 amide bonds. The first-order chi connectivity index (χ1) is 6.93. The molecule has 0 fully saturated rings. The van der Waals surface area contributed by atoms with Gasteiger partial charge in [0, 0.05) is 46.1 Å². The predicted octanol–water partition coefficient (Wildman–Crippen LogP) is -0.407. The van der Waals surface area contributed by atoms with Crippen molar-refractivity contribution < 1.29 is 45.9 Å². The predicted molar refractivity (Wildman–Crippen MR) is 49.6 cm³/mol. The minimum Gasteiger partial charge on any atom is -0.550 e. The quantitative estimate of drug-likeness (QED) is 0.204. The van der Waals surface area contributed by atoms with Gasteiger partial charge >= 0.3 is 5.97 Å². The first-order valence-corrected chi connectivity index (χ1v) is 4.47. The molecule has 5 nitrogen and oxygen atoms in total. The van der Waals surface area contributed by atoms with Gasteiger partial charge in [-0.25, -0.2) is 4.79 Å². The second-order valence-electron chi connectivity index (χ2n) is 3.11.